The second kappa shape index (κ2) is 4.67. The van der Waals surface area contributed by atoms with E-state index in [1.165, 1.54) is 5.56 Å². The molecule has 2 N–H and O–H groups in total. The van der Waals surface area contributed by atoms with Crippen LogP contribution in [0.4, 0.5) is 0 Å². The van der Waals surface area contributed by atoms with Gasteiger partial charge in [-0.25, -0.2) is 0 Å². The van der Waals surface area contributed by atoms with E-state index in [1.807, 2.05) is 32.0 Å². The Morgan fingerprint density at radius 1 is 1.11 bits per heavy atom. The van der Waals surface area contributed by atoms with Crippen molar-refractivity contribution < 1.29 is 5.11 Å². The predicted octanol–water partition coefficient (Wildman–Crippen LogP) is 2.89. The van der Waals surface area contributed by atoms with Crippen molar-refractivity contribution in [1.29, 1.82) is 0 Å². The van der Waals surface area contributed by atoms with Gasteiger partial charge >= 0.3 is 0 Å². The van der Waals surface area contributed by atoms with Gasteiger partial charge < -0.3 is 10.1 Å². The molecule has 0 amide bonds. The zero-order valence-corrected chi connectivity index (χ0v) is 11.7. The van der Waals surface area contributed by atoms with Gasteiger partial charge in [0.25, 0.3) is 5.56 Å². The fourth-order valence-corrected chi connectivity index (χ4v) is 2.23. The fraction of sp³-hybridized carbons (Fsp3) is 0.312. The number of aryl methyl sites for hydroxylation is 2. The van der Waals surface area contributed by atoms with Gasteiger partial charge in [0, 0.05) is 16.8 Å². The Hall–Kier alpha value is -1.87. The molecule has 2 rings (SSSR count). The van der Waals surface area contributed by atoms with Crippen LogP contribution in [-0.4, -0.2) is 10.1 Å². The Kier molecular flexibility index (Phi) is 3.33. The summed E-state index contributed by atoms with van der Waals surface area (Å²) in [5, 5.41) is 9.90. The van der Waals surface area contributed by atoms with Crippen LogP contribution in [0.3, 0.4) is 0 Å². The van der Waals surface area contributed by atoms with Crippen molar-refractivity contribution in [2.75, 3.05) is 0 Å². The maximum absolute atomic E-state index is 12.0. The SMILES string of the molecule is Cc1ccc(-c2ccc(C(C)(C)O)c(=O)[nH]2)c(C)c1. The number of pyridine rings is 1. The van der Waals surface area contributed by atoms with Gasteiger partial charge in [0.1, 0.15) is 0 Å². The minimum atomic E-state index is -1.13. The molecular weight excluding hydrogens is 238 g/mol. The molecule has 3 heteroatoms. The Balaban J connectivity index is 2.54. The topological polar surface area (TPSA) is 53.1 Å². The third-order valence-corrected chi connectivity index (χ3v) is 3.24. The third-order valence-electron chi connectivity index (χ3n) is 3.24. The Morgan fingerprint density at radius 3 is 2.32 bits per heavy atom. The van der Waals surface area contributed by atoms with E-state index >= 15 is 0 Å². The lowest BCUT2D eigenvalue weighted by Gasteiger charge is -2.17. The number of hydrogen-bond acceptors (Lipinski definition) is 2. The van der Waals surface area contributed by atoms with Crippen molar-refractivity contribution in [2.24, 2.45) is 0 Å². The summed E-state index contributed by atoms with van der Waals surface area (Å²) >= 11 is 0. The molecule has 1 heterocycles. The summed E-state index contributed by atoms with van der Waals surface area (Å²) in [4.78, 5) is 14.9. The van der Waals surface area contributed by atoms with Crippen LogP contribution >= 0.6 is 0 Å². The van der Waals surface area contributed by atoms with Crippen molar-refractivity contribution in [1.82, 2.24) is 4.98 Å². The van der Waals surface area contributed by atoms with Crippen LogP contribution in [0.15, 0.2) is 35.1 Å². The summed E-state index contributed by atoms with van der Waals surface area (Å²) < 4.78 is 0. The molecule has 0 radical (unpaired) electrons. The molecule has 0 bridgehead atoms. The van der Waals surface area contributed by atoms with Gasteiger partial charge in [-0.3, -0.25) is 4.79 Å². The number of nitrogens with one attached hydrogen (secondary N) is 1. The van der Waals surface area contributed by atoms with Crippen LogP contribution in [0, 0.1) is 13.8 Å². The van der Waals surface area contributed by atoms with E-state index in [9.17, 15) is 9.90 Å². The average Bonchev–Trinajstić information content (AvgIpc) is 2.26. The minimum absolute atomic E-state index is 0.245. The molecule has 0 spiro atoms. The van der Waals surface area contributed by atoms with Gasteiger partial charge in [0.15, 0.2) is 0 Å². The molecule has 0 atom stereocenters. The Bertz CT molecular complexity index is 663. The highest BCUT2D eigenvalue weighted by molar-refractivity contribution is 5.64. The average molecular weight is 257 g/mol. The number of hydrogen-bond donors (Lipinski definition) is 2. The third kappa shape index (κ3) is 2.76. The lowest BCUT2D eigenvalue weighted by Crippen LogP contribution is -2.26. The van der Waals surface area contributed by atoms with Crippen LogP contribution in [0.1, 0.15) is 30.5 Å². The Morgan fingerprint density at radius 2 is 1.79 bits per heavy atom. The molecule has 0 aliphatic carbocycles. The second-order valence-electron chi connectivity index (χ2n) is 5.49. The monoisotopic (exact) mass is 257 g/mol. The van der Waals surface area contributed by atoms with Gasteiger partial charge in [-0.2, -0.15) is 0 Å². The molecule has 3 nitrogen and oxygen atoms in total. The highest BCUT2D eigenvalue weighted by atomic mass is 16.3. The first-order valence-corrected chi connectivity index (χ1v) is 6.33. The zero-order valence-electron chi connectivity index (χ0n) is 11.7. The van der Waals surface area contributed by atoms with Crippen molar-refractivity contribution in [2.45, 2.75) is 33.3 Å². The van der Waals surface area contributed by atoms with Gasteiger partial charge in [-0.15, -0.1) is 0 Å². The molecule has 0 aliphatic rings. The molecule has 0 saturated heterocycles. The van der Waals surface area contributed by atoms with Crippen LogP contribution in [-0.2, 0) is 5.60 Å². The first kappa shape index (κ1) is 13.6. The lowest BCUT2D eigenvalue weighted by molar-refractivity contribution is 0.0771. The van der Waals surface area contributed by atoms with Crippen LogP contribution in [0.25, 0.3) is 11.3 Å². The van der Waals surface area contributed by atoms with E-state index in [0.717, 1.165) is 16.8 Å². The standard InChI is InChI=1S/C16H19NO2/c1-10-5-6-12(11(2)9-10)14-8-7-13(15(18)17-14)16(3,4)19/h5-9,19H,1-4H3,(H,17,18). The first-order valence-electron chi connectivity index (χ1n) is 6.33. The molecule has 2 aromatic rings. The van der Waals surface area contributed by atoms with Gasteiger partial charge in [-0.05, 0) is 45.4 Å². The van der Waals surface area contributed by atoms with E-state index < -0.39 is 5.60 Å². The number of aliphatic hydroxyl groups is 1. The summed E-state index contributed by atoms with van der Waals surface area (Å²) in [6, 6.07) is 9.63. The molecule has 0 fully saturated rings. The van der Waals surface area contributed by atoms with E-state index in [2.05, 4.69) is 11.1 Å². The van der Waals surface area contributed by atoms with Crippen molar-refractivity contribution in [3.05, 3.63) is 57.4 Å². The quantitative estimate of drug-likeness (QED) is 0.869. The summed E-state index contributed by atoms with van der Waals surface area (Å²) in [7, 11) is 0. The molecule has 100 valence electrons. The molecule has 1 aromatic heterocycles. The largest absolute Gasteiger partial charge is 0.386 e. The molecular formula is C16H19NO2. The van der Waals surface area contributed by atoms with Crippen molar-refractivity contribution in [3.63, 3.8) is 0 Å². The van der Waals surface area contributed by atoms with Gasteiger partial charge in [-0.1, -0.05) is 23.8 Å². The van der Waals surface area contributed by atoms with Gasteiger partial charge in [0.05, 0.1) is 5.60 Å². The van der Waals surface area contributed by atoms with E-state index in [4.69, 9.17) is 0 Å². The van der Waals surface area contributed by atoms with Crippen molar-refractivity contribution in [3.8, 4) is 11.3 Å². The zero-order chi connectivity index (χ0) is 14.2. The molecule has 1 aromatic carbocycles. The normalized spacial score (nSPS) is 11.6. The van der Waals surface area contributed by atoms with E-state index in [-0.39, 0.29) is 5.56 Å². The van der Waals surface area contributed by atoms with E-state index in [0.29, 0.717) is 5.56 Å². The first-order chi connectivity index (χ1) is 8.79. The van der Waals surface area contributed by atoms with Crippen LogP contribution in [0.5, 0.6) is 0 Å². The Labute approximate surface area is 112 Å². The highest BCUT2D eigenvalue weighted by Crippen LogP contribution is 2.23. The van der Waals surface area contributed by atoms with E-state index in [1.54, 1.807) is 19.9 Å². The summed E-state index contributed by atoms with van der Waals surface area (Å²) in [5.41, 5.74) is 3.09. The second-order valence-corrected chi connectivity index (χ2v) is 5.49. The number of aromatic nitrogens is 1. The molecule has 19 heavy (non-hydrogen) atoms. The maximum Gasteiger partial charge on any atom is 0.254 e. The summed E-state index contributed by atoms with van der Waals surface area (Å²) in [6.07, 6.45) is 0. The minimum Gasteiger partial charge on any atom is -0.386 e. The predicted molar refractivity (Wildman–Crippen MR) is 77.2 cm³/mol. The highest BCUT2D eigenvalue weighted by Gasteiger charge is 2.20. The number of aromatic amines is 1. The fourth-order valence-electron chi connectivity index (χ4n) is 2.23. The molecule has 0 unspecified atom stereocenters. The number of rotatable bonds is 2. The smallest absolute Gasteiger partial charge is 0.254 e. The summed E-state index contributed by atoms with van der Waals surface area (Å²) in [5.74, 6) is 0. The van der Waals surface area contributed by atoms with Crippen LogP contribution in [0.2, 0.25) is 0 Å². The maximum atomic E-state index is 12.0. The molecule has 0 aliphatic heterocycles. The van der Waals surface area contributed by atoms with Crippen molar-refractivity contribution >= 4 is 0 Å². The van der Waals surface area contributed by atoms with Crippen LogP contribution < -0.4 is 5.56 Å². The lowest BCUT2D eigenvalue weighted by atomic mass is 9.98. The number of H-pyrrole nitrogens is 1. The van der Waals surface area contributed by atoms with Gasteiger partial charge in [0.2, 0.25) is 0 Å². The molecule has 0 saturated carbocycles. The number of benzene rings is 1. The summed E-state index contributed by atoms with van der Waals surface area (Å²) in [6.45, 7) is 7.27.